The van der Waals surface area contributed by atoms with Gasteiger partial charge in [-0.05, 0) is 31.9 Å². The molecule has 138 valence electrons. The zero-order chi connectivity index (χ0) is 18.3. The lowest BCUT2D eigenvalue weighted by Crippen LogP contribution is -2.44. The second-order valence-corrected chi connectivity index (χ2v) is 7.25. The lowest BCUT2D eigenvalue weighted by molar-refractivity contribution is -0.120. The molecule has 1 aromatic carbocycles. The minimum atomic E-state index is -0.0480. The number of benzene rings is 1. The first kappa shape index (κ1) is 17.2. The van der Waals surface area contributed by atoms with Crippen LogP contribution in [0, 0.1) is 0 Å². The summed E-state index contributed by atoms with van der Waals surface area (Å²) in [6.07, 6.45) is 1.79. The molecular weight excluding hydrogens is 328 g/mol. The van der Waals surface area contributed by atoms with Crippen LogP contribution in [0.3, 0.4) is 0 Å². The Labute approximate surface area is 154 Å². The predicted octanol–water partition coefficient (Wildman–Crippen LogP) is 1.73. The lowest BCUT2D eigenvalue weighted by Gasteiger charge is -2.30. The van der Waals surface area contributed by atoms with E-state index in [2.05, 4.69) is 29.9 Å². The van der Waals surface area contributed by atoms with E-state index in [1.165, 1.54) is 11.3 Å². The Morgan fingerprint density at radius 2 is 2.15 bits per heavy atom. The first-order valence-corrected chi connectivity index (χ1v) is 9.43. The van der Waals surface area contributed by atoms with Gasteiger partial charge < -0.3 is 10.0 Å². The number of hydrogen-bond acceptors (Lipinski definition) is 4. The first-order chi connectivity index (χ1) is 12.6. The summed E-state index contributed by atoms with van der Waals surface area (Å²) >= 11 is 0. The molecule has 0 bridgehead atoms. The maximum atomic E-state index is 13.0. The number of carbonyl (C=O) groups is 1. The molecule has 0 aliphatic carbocycles. The topological polar surface area (TPSA) is 61.6 Å². The fourth-order valence-corrected chi connectivity index (χ4v) is 4.35. The Morgan fingerprint density at radius 3 is 2.92 bits per heavy atom. The zero-order valence-electron chi connectivity index (χ0n) is 15.5. The number of nitrogens with zero attached hydrogens (tertiary/aromatic N) is 4. The largest absolute Gasteiger partial charge is 0.390 e. The molecule has 1 aromatic heterocycles. The summed E-state index contributed by atoms with van der Waals surface area (Å²) in [5.74, 6) is 0.152. The van der Waals surface area contributed by atoms with Crippen LogP contribution in [0.15, 0.2) is 24.3 Å². The van der Waals surface area contributed by atoms with Crippen LogP contribution in [0.25, 0.3) is 0 Å². The molecule has 3 heterocycles. The second kappa shape index (κ2) is 6.85. The lowest BCUT2D eigenvalue weighted by atomic mass is 10.1. The number of aliphatic hydroxyl groups excluding tert-OH is 1. The average Bonchev–Trinajstić information content (AvgIpc) is 3.17. The van der Waals surface area contributed by atoms with Crippen molar-refractivity contribution in [3.8, 4) is 0 Å². The summed E-state index contributed by atoms with van der Waals surface area (Å²) in [4.78, 5) is 17.2. The van der Waals surface area contributed by atoms with Crippen molar-refractivity contribution in [1.29, 1.82) is 0 Å². The van der Waals surface area contributed by atoms with Crippen molar-refractivity contribution in [3.63, 3.8) is 0 Å². The van der Waals surface area contributed by atoms with Gasteiger partial charge in [-0.2, -0.15) is 5.10 Å². The minimum absolute atomic E-state index is 0.0480. The molecule has 0 saturated heterocycles. The Kier molecular flexibility index (Phi) is 4.54. The third-order valence-electron chi connectivity index (χ3n) is 5.58. The van der Waals surface area contributed by atoms with Gasteiger partial charge in [0.15, 0.2) is 0 Å². The van der Waals surface area contributed by atoms with Gasteiger partial charge in [0.05, 0.1) is 18.8 Å². The molecule has 1 N–H and O–H groups in total. The number of para-hydroxylation sites is 1. The minimum Gasteiger partial charge on any atom is -0.390 e. The molecular formula is C20H26N4O2. The molecule has 6 nitrogen and oxygen atoms in total. The second-order valence-electron chi connectivity index (χ2n) is 7.25. The highest BCUT2D eigenvalue weighted by molar-refractivity contribution is 5.97. The van der Waals surface area contributed by atoms with Crippen LogP contribution in [-0.2, 0) is 37.3 Å². The maximum Gasteiger partial charge on any atom is 0.241 e. The number of aliphatic hydroxyl groups is 1. The molecule has 1 amide bonds. The number of fused-ring (bicyclic) bond motifs is 2. The fourth-order valence-electron chi connectivity index (χ4n) is 4.35. The molecule has 1 unspecified atom stereocenters. The smallest absolute Gasteiger partial charge is 0.241 e. The Morgan fingerprint density at radius 1 is 1.35 bits per heavy atom. The molecule has 0 fully saturated rings. The van der Waals surface area contributed by atoms with E-state index >= 15 is 0 Å². The SMILES string of the molecule is CCn1nc(CO)c2c1CCN(CC(=O)N1c3ccccc3CC1C)C2. The van der Waals surface area contributed by atoms with Crippen LogP contribution in [0.2, 0.25) is 0 Å². The van der Waals surface area contributed by atoms with E-state index < -0.39 is 0 Å². The van der Waals surface area contributed by atoms with Crippen molar-refractivity contribution in [2.24, 2.45) is 0 Å². The van der Waals surface area contributed by atoms with Gasteiger partial charge >= 0.3 is 0 Å². The van der Waals surface area contributed by atoms with Crippen molar-refractivity contribution >= 4 is 11.6 Å². The number of carbonyl (C=O) groups excluding carboxylic acids is 1. The van der Waals surface area contributed by atoms with E-state index in [4.69, 9.17) is 0 Å². The normalized spacial score (nSPS) is 19.5. The Hall–Kier alpha value is -2.18. The standard InChI is InChI=1S/C20H26N4O2/c1-3-23-19-8-9-22(11-16(19)17(13-25)21-23)12-20(26)24-14(2)10-15-6-4-5-7-18(15)24/h4-7,14,25H,3,8-13H2,1-2H3. The van der Waals surface area contributed by atoms with Gasteiger partial charge in [0.25, 0.3) is 0 Å². The number of rotatable bonds is 4. The van der Waals surface area contributed by atoms with Crippen LogP contribution in [-0.4, -0.2) is 44.8 Å². The van der Waals surface area contributed by atoms with Crippen molar-refractivity contribution < 1.29 is 9.90 Å². The summed E-state index contributed by atoms with van der Waals surface area (Å²) in [7, 11) is 0. The van der Waals surface area contributed by atoms with Gasteiger partial charge in [-0.25, -0.2) is 0 Å². The number of aromatic nitrogens is 2. The number of amides is 1. The van der Waals surface area contributed by atoms with Gasteiger partial charge in [-0.1, -0.05) is 18.2 Å². The van der Waals surface area contributed by atoms with Crippen LogP contribution in [0.1, 0.15) is 36.4 Å². The Balaban J connectivity index is 1.51. The van der Waals surface area contributed by atoms with Crippen LogP contribution >= 0.6 is 0 Å². The summed E-state index contributed by atoms with van der Waals surface area (Å²) in [6, 6.07) is 8.39. The predicted molar refractivity (Wildman–Crippen MR) is 99.9 cm³/mol. The molecule has 6 heteroatoms. The van der Waals surface area contributed by atoms with E-state index in [9.17, 15) is 9.90 Å². The van der Waals surface area contributed by atoms with Crippen molar-refractivity contribution in [2.45, 2.75) is 52.4 Å². The van der Waals surface area contributed by atoms with Gasteiger partial charge in [-0.3, -0.25) is 14.4 Å². The van der Waals surface area contributed by atoms with Crippen LogP contribution < -0.4 is 4.90 Å². The summed E-state index contributed by atoms with van der Waals surface area (Å²) in [5, 5.41) is 14.1. The average molecular weight is 354 g/mol. The van der Waals surface area contributed by atoms with Crippen molar-refractivity contribution in [1.82, 2.24) is 14.7 Å². The summed E-state index contributed by atoms with van der Waals surface area (Å²) in [5.41, 5.74) is 5.36. The fraction of sp³-hybridized carbons (Fsp3) is 0.500. The third-order valence-corrected chi connectivity index (χ3v) is 5.58. The van der Waals surface area contributed by atoms with E-state index in [1.54, 1.807) is 0 Å². The van der Waals surface area contributed by atoms with E-state index in [0.29, 0.717) is 13.1 Å². The number of anilines is 1. The monoisotopic (exact) mass is 354 g/mol. The van der Waals surface area contributed by atoms with Crippen LogP contribution in [0.5, 0.6) is 0 Å². The van der Waals surface area contributed by atoms with Gasteiger partial charge in [0, 0.05) is 49.0 Å². The van der Waals surface area contributed by atoms with E-state index in [0.717, 1.165) is 42.9 Å². The molecule has 0 saturated carbocycles. The highest BCUT2D eigenvalue weighted by Gasteiger charge is 2.32. The molecule has 1 atom stereocenters. The highest BCUT2D eigenvalue weighted by Crippen LogP contribution is 2.32. The summed E-state index contributed by atoms with van der Waals surface area (Å²) in [6.45, 7) is 6.87. The maximum absolute atomic E-state index is 13.0. The van der Waals surface area contributed by atoms with Crippen molar-refractivity contribution in [2.75, 3.05) is 18.0 Å². The van der Waals surface area contributed by atoms with Gasteiger partial charge in [0.2, 0.25) is 5.91 Å². The van der Waals surface area contributed by atoms with E-state index in [1.807, 2.05) is 27.8 Å². The number of aryl methyl sites for hydroxylation is 1. The van der Waals surface area contributed by atoms with Gasteiger partial charge in [-0.15, -0.1) is 0 Å². The zero-order valence-corrected chi connectivity index (χ0v) is 15.5. The van der Waals surface area contributed by atoms with E-state index in [-0.39, 0.29) is 18.6 Å². The highest BCUT2D eigenvalue weighted by atomic mass is 16.3. The van der Waals surface area contributed by atoms with Gasteiger partial charge in [0.1, 0.15) is 0 Å². The number of hydrogen-bond donors (Lipinski definition) is 1. The molecule has 2 aliphatic rings. The molecule has 26 heavy (non-hydrogen) atoms. The molecule has 2 aliphatic heterocycles. The Bertz CT molecular complexity index is 829. The molecule has 4 rings (SSSR count). The quantitative estimate of drug-likeness (QED) is 0.908. The molecule has 0 spiro atoms. The van der Waals surface area contributed by atoms with Crippen LogP contribution in [0.4, 0.5) is 5.69 Å². The molecule has 2 aromatic rings. The third kappa shape index (κ3) is 2.83. The summed E-state index contributed by atoms with van der Waals surface area (Å²) < 4.78 is 1.98. The molecule has 0 radical (unpaired) electrons. The first-order valence-electron chi connectivity index (χ1n) is 9.43. The van der Waals surface area contributed by atoms with Crippen molar-refractivity contribution in [3.05, 3.63) is 46.8 Å².